The van der Waals surface area contributed by atoms with Crippen LogP contribution in [-0.4, -0.2) is 21.9 Å². The zero-order chi connectivity index (χ0) is 16.8. The number of aromatic nitrogens is 2. The Labute approximate surface area is 137 Å². The van der Waals surface area contributed by atoms with Crippen LogP contribution in [0, 0.1) is 0 Å². The van der Waals surface area contributed by atoms with Gasteiger partial charge in [-0.2, -0.15) is 18.3 Å². The van der Waals surface area contributed by atoms with Crippen LogP contribution in [0.3, 0.4) is 0 Å². The lowest BCUT2D eigenvalue weighted by Crippen LogP contribution is -2.35. The number of rotatable bonds is 2. The number of hydrogen-bond donors (Lipinski definition) is 2. The summed E-state index contributed by atoms with van der Waals surface area (Å²) < 4.78 is 41.2. The molecule has 122 valence electrons. The summed E-state index contributed by atoms with van der Waals surface area (Å²) in [6.45, 7) is 0. The first-order chi connectivity index (χ1) is 10.8. The van der Waals surface area contributed by atoms with Crippen molar-refractivity contribution in [2.24, 2.45) is 5.73 Å². The molecule has 0 spiro atoms. The SMILES string of the molecule is NC(=O)c1nn2c(c1Br)N[C@@H](c1ccccc1)C[C@@H]2C(F)(F)F. The second kappa shape index (κ2) is 5.55. The van der Waals surface area contributed by atoms with Crippen molar-refractivity contribution in [3.05, 3.63) is 46.1 Å². The highest BCUT2D eigenvalue weighted by Crippen LogP contribution is 2.46. The molecule has 1 amide bonds. The van der Waals surface area contributed by atoms with E-state index in [1.54, 1.807) is 30.3 Å². The highest BCUT2D eigenvalue weighted by Gasteiger charge is 2.47. The van der Waals surface area contributed by atoms with E-state index in [0.29, 0.717) is 0 Å². The molecule has 0 saturated carbocycles. The standard InChI is InChI=1S/C14H12BrF3N4O/c15-10-11(12(19)23)21-22-9(14(16,17)18)6-8(20-13(10)22)7-4-2-1-3-5-7/h1-5,8-9,20H,6H2,(H2,19,23)/t8-,9-/m1/s1. The number of nitrogens with zero attached hydrogens (tertiary/aromatic N) is 2. The fourth-order valence-corrected chi connectivity index (χ4v) is 3.22. The van der Waals surface area contributed by atoms with Gasteiger partial charge in [0.2, 0.25) is 0 Å². The summed E-state index contributed by atoms with van der Waals surface area (Å²) in [5, 5.41) is 6.74. The zero-order valence-corrected chi connectivity index (χ0v) is 13.2. The van der Waals surface area contributed by atoms with Crippen LogP contribution >= 0.6 is 15.9 Å². The first-order valence-electron chi connectivity index (χ1n) is 6.75. The molecular formula is C14H12BrF3N4O. The molecular weight excluding hydrogens is 377 g/mol. The first-order valence-corrected chi connectivity index (χ1v) is 7.54. The molecule has 0 unspecified atom stereocenters. The van der Waals surface area contributed by atoms with Crippen LogP contribution in [-0.2, 0) is 0 Å². The quantitative estimate of drug-likeness (QED) is 0.827. The minimum atomic E-state index is -4.50. The maximum atomic E-state index is 13.4. The molecule has 9 heteroatoms. The van der Waals surface area contributed by atoms with E-state index in [1.807, 2.05) is 0 Å². The van der Waals surface area contributed by atoms with Gasteiger partial charge in [-0.05, 0) is 21.5 Å². The Hall–Kier alpha value is -2.03. The molecule has 0 aliphatic carbocycles. The van der Waals surface area contributed by atoms with Crippen molar-refractivity contribution in [2.45, 2.75) is 24.7 Å². The van der Waals surface area contributed by atoms with Gasteiger partial charge < -0.3 is 11.1 Å². The van der Waals surface area contributed by atoms with Crippen molar-refractivity contribution in [2.75, 3.05) is 5.32 Å². The maximum Gasteiger partial charge on any atom is 0.410 e. The Balaban J connectivity index is 2.10. The van der Waals surface area contributed by atoms with E-state index in [0.717, 1.165) is 10.2 Å². The Morgan fingerprint density at radius 1 is 1.35 bits per heavy atom. The highest BCUT2D eigenvalue weighted by molar-refractivity contribution is 9.10. The van der Waals surface area contributed by atoms with Crippen LogP contribution < -0.4 is 11.1 Å². The van der Waals surface area contributed by atoms with E-state index in [2.05, 4.69) is 26.3 Å². The van der Waals surface area contributed by atoms with Gasteiger partial charge in [-0.15, -0.1) is 0 Å². The topological polar surface area (TPSA) is 72.9 Å². The van der Waals surface area contributed by atoms with Crippen molar-refractivity contribution in [3.63, 3.8) is 0 Å². The number of halogens is 4. The lowest BCUT2D eigenvalue weighted by Gasteiger charge is -2.33. The minimum Gasteiger partial charge on any atom is -0.364 e. The van der Waals surface area contributed by atoms with Crippen molar-refractivity contribution in [1.82, 2.24) is 9.78 Å². The van der Waals surface area contributed by atoms with Gasteiger partial charge in [0.25, 0.3) is 5.91 Å². The number of alkyl halides is 3. The summed E-state index contributed by atoms with van der Waals surface area (Å²) in [6.07, 6.45) is -4.73. The Bertz CT molecular complexity index is 744. The summed E-state index contributed by atoms with van der Waals surface area (Å²) in [7, 11) is 0. The predicted molar refractivity (Wildman–Crippen MR) is 81.0 cm³/mol. The minimum absolute atomic E-state index is 0.0984. The summed E-state index contributed by atoms with van der Waals surface area (Å²) in [6, 6.07) is 6.42. The molecule has 3 N–H and O–H groups in total. The number of primary amides is 1. The van der Waals surface area contributed by atoms with Gasteiger partial charge in [-0.3, -0.25) is 4.79 Å². The van der Waals surface area contributed by atoms with Gasteiger partial charge in [0.15, 0.2) is 11.7 Å². The van der Waals surface area contributed by atoms with E-state index in [-0.39, 0.29) is 22.4 Å². The highest BCUT2D eigenvalue weighted by atomic mass is 79.9. The number of carbonyl (C=O) groups is 1. The third-order valence-electron chi connectivity index (χ3n) is 3.73. The van der Waals surface area contributed by atoms with Gasteiger partial charge in [-0.1, -0.05) is 30.3 Å². The number of anilines is 1. The molecule has 2 aromatic rings. The lowest BCUT2D eigenvalue weighted by atomic mass is 9.97. The zero-order valence-electron chi connectivity index (χ0n) is 11.6. The van der Waals surface area contributed by atoms with E-state index < -0.39 is 24.2 Å². The molecule has 5 nitrogen and oxygen atoms in total. The van der Waals surface area contributed by atoms with E-state index in [1.165, 1.54) is 0 Å². The number of hydrogen-bond acceptors (Lipinski definition) is 3. The summed E-state index contributed by atoms with van der Waals surface area (Å²) in [5.74, 6) is -0.793. The molecule has 0 radical (unpaired) electrons. The molecule has 3 rings (SSSR count). The summed E-state index contributed by atoms with van der Waals surface area (Å²) in [4.78, 5) is 11.4. The Morgan fingerprint density at radius 3 is 2.57 bits per heavy atom. The monoisotopic (exact) mass is 388 g/mol. The number of carbonyl (C=O) groups excluding carboxylic acids is 1. The maximum absolute atomic E-state index is 13.4. The lowest BCUT2D eigenvalue weighted by molar-refractivity contribution is -0.173. The molecule has 2 atom stereocenters. The molecule has 1 aliphatic heterocycles. The largest absolute Gasteiger partial charge is 0.410 e. The number of nitrogens with two attached hydrogens (primary N) is 1. The normalized spacial score (nSPS) is 20.7. The summed E-state index contributed by atoms with van der Waals surface area (Å²) in [5.41, 5.74) is 5.67. The Morgan fingerprint density at radius 2 is 2.00 bits per heavy atom. The van der Waals surface area contributed by atoms with Gasteiger partial charge in [-0.25, -0.2) is 4.68 Å². The number of amides is 1. The first kappa shape index (κ1) is 15.9. The van der Waals surface area contributed by atoms with Crippen LogP contribution in [0.1, 0.15) is 34.6 Å². The van der Waals surface area contributed by atoms with E-state index >= 15 is 0 Å². The van der Waals surface area contributed by atoms with Crippen LogP contribution in [0.15, 0.2) is 34.8 Å². The third-order valence-corrected chi connectivity index (χ3v) is 4.48. The average Bonchev–Trinajstić information content (AvgIpc) is 2.84. The van der Waals surface area contributed by atoms with Crippen LogP contribution in [0.25, 0.3) is 0 Å². The molecule has 1 aromatic heterocycles. The molecule has 2 heterocycles. The smallest absolute Gasteiger partial charge is 0.364 e. The van der Waals surface area contributed by atoms with Crippen molar-refractivity contribution >= 4 is 27.7 Å². The van der Waals surface area contributed by atoms with Crippen molar-refractivity contribution < 1.29 is 18.0 Å². The van der Waals surface area contributed by atoms with Gasteiger partial charge in [0, 0.05) is 6.42 Å². The Kier molecular flexibility index (Phi) is 3.83. The molecule has 0 fully saturated rings. The molecule has 1 aromatic carbocycles. The van der Waals surface area contributed by atoms with Gasteiger partial charge in [0.1, 0.15) is 5.82 Å². The average molecular weight is 389 g/mol. The molecule has 0 bridgehead atoms. The van der Waals surface area contributed by atoms with Crippen LogP contribution in [0.2, 0.25) is 0 Å². The van der Waals surface area contributed by atoms with Crippen LogP contribution in [0.5, 0.6) is 0 Å². The fraction of sp³-hybridized carbons (Fsp3) is 0.286. The number of benzene rings is 1. The molecule has 23 heavy (non-hydrogen) atoms. The third kappa shape index (κ3) is 2.80. The summed E-state index contributed by atoms with van der Waals surface area (Å²) >= 11 is 3.12. The second-order valence-electron chi connectivity index (χ2n) is 5.22. The van der Waals surface area contributed by atoms with Crippen LogP contribution in [0.4, 0.5) is 19.0 Å². The van der Waals surface area contributed by atoms with Crippen molar-refractivity contribution in [3.8, 4) is 0 Å². The second-order valence-corrected chi connectivity index (χ2v) is 6.01. The fourth-order valence-electron chi connectivity index (χ4n) is 2.65. The number of nitrogens with one attached hydrogen (secondary N) is 1. The van der Waals surface area contributed by atoms with E-state index in [9.17, 15) is 18.0 Å². The van der Waals surface area contributed by atoms with Crippen molar-refractivity contribution in [1.29, 1.82) is 0 Å². The van der Waals surface area contributed by atoms with Gasteiger partial charge >= 0.3 is 6.18 Å². The predicted octanol–water partition coefficient (Wildman–Crippen LogP) is 3.40. The van der Waals surface area contributed by atoms with Gasteiger partial charge in [0.05, 0.1) is 10.5 Å². The molecule has 1 aliphatic rings. The molecule has 0 saturated heterocycles. The van der Waals surface area contributed by atoms with E-state index in [4.69, 9.17) is 5.73 Å². The number of fused-ring (bicyclic) bond motifs is 1.